The molecule has 0 radical (unpaired) electrons. The standard InChI is InChI=1S/C13H28N4/c1-3-13-12-17(9-8-15(13)2)11-10-16-6-4-14-5-7-16/h13-14H,3-12H2,1-2H3. The highest BCUT2D eigenvalue weighted by Crippen LogP contribution is 2.10. The van der Waals surface area contributed by atoms with Gasteiger partial charge in [-0.1, -0.05) is 6.92 Å². The van der Waals surface area contributed by atoms with E-state index in [9.17, 15) is 0 Å². The number of likely N-dealkylation sites (N-methyl/N-ethyl adjacent to an activating group) is 1. The van der Waals surface area contributed by atoms with E-state index in [4.69, 9.17) is 0 Å². The lowest BCUT2D eigenvalue weighted by molar-refractivity contribution is 0.0824. The van der Waals surface area contributed by atoms with Gasteiger partial charge in [0.05, 0.1) is 0 Å². The van der Waals surface area contributed by atoms with Crippen LogP contribution in [0.1, 0.15) is 13.3 Å². The van der Waals surface area contributed by atoms with Crippen molar-refractivity contribution in [3.05, 3.63) is 0 Å². The van der Waals surface area contributed by atoms with Gasteiger partial charge in [-0.25, -0.2) is 0 Å². The smallest absolute Gasteiger partial charge is 0.0218 e. The Labute approximate surface area is 106 Å². The molecule has 0 spiro atoms. The van der Waals surface area contributed by atoms with Crippen LogP contribution in [0, 0.1) is 0 Å². The third-order valence-corrected chi connectivity index (χ3v) is 4.27. The van der Waals surface area contributed by atoms with Crippen molar-refractivity contribution in [1.82, 2.24) is 20.0 Å². The second-order valence-corrected chi connectivity index (χ2v) is 5.43. The van der Waals surface area contributed by atoms with Crippen molar-refractivity contribution in [3.63, 3.8) is 0 Å². The van der Waals surface area contributed by atoms with E-state index in [2.05, 4.69) is 34.0 Å². The Bertz CT molecular complexity index is 215. The summed E-state index contributed by atoms with van der Waals surface area (Å²) in [5.41, 5.74) is 0. The van der Waals surface area contributed by atoms with E-state index in [1.54, 1.807) is 0 Å². The molecule has 4 heteroatoms. The molecule has 0 bridgehead atoms. The summed E-state index contributed by atoms with van der Waals surface area (Å²) >= 11 is 0. The summed E-state index contributed by atoms with van der Waals surface area (Å²) in [4.78, 5) is 7.76. The van der Waals surface area contributed by atoms with Crippen LogP contribution in [-0.2, 0) is 0 Å². The zero-order valence-corrected chi connectivity index (χ0v) is 11.5. The maximum atomic E-state index is 3.41. The largest absolute Gasteiger partial charge is 0.314 e. The van der Waals surface area contributed by atoms with E-state index in [-0.39, 0.29) is 0 Å². The molecule has 2 rings (SSSR count). The molecule has 2 saturated heterocycles. The maximum Gasteiger partial charge on any atom is 0.0218 e. The van der Waals surface area contributed by atoms with Crippen molar-refractivity contribution in [2.24, 2.45) is 0 Å². The first-order valence-corrected chi connectivity index (χ1v) is 7.15. The highest BCUT2D eigenvalue weighted by molar-refractivity contribution is 4.80. The van der Waals surface area contributed by atoms with E-state index < -0.39 is 0 Å². The molecule has 4 nitrogen and oxygen atoms in total. The lowest BCUT2D eigenvalue weighted by Crippen LogP contribution is -2.53. The third kappa shape index (κ3) is 3.91. The van der Waals surface area contributed by atoms with Crippen LogP contribution in [0.25, 0.3) is 0 Å². The van der Waals surface area contributed by atoms with Crippen molar-refractivity contribution in [2.45, 2.75) is 19.4 Å². The molecule has 2 aliphatic rings. The van der Waals surface area contributed by atoms with E-state index in [1.807, 2.05) is 0 Å². The molecule has 1 unspecified atom stereocenters. The summed E-state index contributed by atoms with van der Waals surface area (Å²) in [7, 11) is 2.27. The first-order valence-electron chi connectivity index (χ1n) is 7.15. The molecule has 2 aliphatic heterocycles. The number of hydrogen-bond acceptors (Lipinski definition) is 4. The molecule has 2 fully saturated rings. The second kappa shape index (κ2) is 6.69. The van der Waals surface area contributed by atoms with Gasteiger partial charge >= 0.3 is 0 Å². The summed E-state index contributed by atoms with van der Waals surface area (Å²) in [6, 6.07) is 0.770. The first-order chi connectivity index (χ1) is 8.29. The summed E-state index contributed by atoms with van der Waals surface area (Å²) in [6.45, 7) is 13.3. The van der Waals surface area contributed by atoms with Gasteiger partial charge in [-0.3, -0.25) is 9.80 Å². The van der Waals surface area contributed by atoms with Crippen LogP contribution in [0.4, 0.5) is 0 Å². The lowest BCUT2D eigenvalue weighted by atomic mass is 10.1. The lowest BCUT2D eigenvalue weighted by Gasteiger charge is -2.40. The minimum atomic E-state index is 0.770. The van der Waals surface area contributed by atoms with E-state index in [0.29, 0.717) is 0 Å². The Morgan fingerprint density at radius 3 is 2.41 bits per heavy atom. The summed E-state index contributed by atoms with van der Waals surface area (Å²) in [6.07, 6.45) is 1.28. The molecular weight excluding hydrogens is 212 g/mol. The van der Waals surface area contributed by atoms with Crippen molar-refractivity contribution < 1.29 is 0 Å². The Balaban J connectivity index is 1.68. The molecule has 0 aromatic carbocycles. The molecule has 0 amide bonds. The zero-order valence-electron chi connectivity index (χ0n) is 11.5. The molecule has 0 saturated carbocycles. The summed E-state index contributed by atoms with van der Waals surface area (Å²) in [5, 5.41) is 3.41. The molecule has 17 heavy (non-hydrogen) atoms. The maximum absolute atomic E-state index is 3.41. The molecular formula is C13H28N4. The van der Waals surface area contributed by atoms with Crippen LogP contribution in [0.2, 0.25) is 0 Å². The Kier molecular flexibility index (Phi) is 5.22. The third-order valence-electron chi connectivity index (χ3n) is 4.27. The van der Waals surface area contributed by atoms with Crippen molar-refractivity contribution in [1.29, 1.82) is 0 Å². The number of nitrogens with zero attached hydrogens (tertiary/aromatic N) is 3. The van der Waals surface area contributed by atoms with E-state index >= 15 is 0 Å². The average molecular weight is 240 g/mol. The van der Waals surface area contributed by atoms with Gasteiger partial charge in [0.2, 0.25) is 0 Å². The molecule has 100 valence electrons. The van der Waals surface area contributed by atoms with Crippen LogP contribution < -0.4 is 5.32 Å². The van der Waals surface area contributed by atoms with Crippen LogP contribution in [-0.4, -0.2) is 86.7 Å². The summed E-state index contributed by atoms with van der Waals surface area (Å²) in [5.74, 6) is 0. The Morgan fingerprint density at radius 2 is 1.71 bits per heavy atom. The second-order valence-electron chi connectivity index (χ2n) is 5.43. The predicted octanol–water partition coefficient (Wildman–Crippen LogP) is -0.0824. The van der Waals surface area contributed by atoms with Gasteiger partial charge in [-0.15, -0.1) is 0 Å². The van der Waals surface area contributed by atoms with Gasteiger partial charge in [-0.05, 0) is 13.5 Å². The van der Waals surface area contributed by atoms with Crippen LogP contribution in [0.5, 0.6) is 0 Å². The van der Waals surface area contributed by atoms with Gasteiger partial charge in [0.1, 0.15) is 0 Å². The van der Waals surface area contributed by atoms with Gasteiger partial charge in [0.25, 0.3) is 0 Å². The Morgan fingerprint density at radius 1 is 1.00 bits per heavy atom. The van der Waals surface area contributed by atoms with Crippen LogP contribution in [0.15, 0.2) is 0 Å². The zero-order chi connectivity index (χ0) is 12.1. The highest BCUT2D eigenvalue weighted by atomic mass is 15.3. The molecule has 1 atom stereocenters. The number of piperazine rings is 2. The monoisotopic (exact) mass is 240 g/mol. The normalized spacial score (nSPS) is 29.6. The quantitative estimate of drug-likeness (QED) is 0.742. The van der Waals surface area contributed by atoms with Gasteiger partial charge in [0.15, 0.2) is 0 Å². The molecule has 1 N–H and O–H groups in total. The number of hydrogen-bond donors (Lipinski definition) is 1. The highest BCUT2D eigenvalue weighted by Gasteiger charge is 2.22. The van der Waals surface area contributed by atoms with Crippen molar-refractivity contribution >= 4 is 0 Å². The topological polar surface area (TPSA) is 21.8 Å². The van der Waals surface area contributed by atoms with Gasteiger partial charge in [0, 0.05) is 64.9 Å². The number of rotatable bonds is 4. The fourth-order valence-electron chi connectivity index (χ4n) is 2.87. The molecule has 0 aromatic rings. The summed E-state index contributed by atoms with van der Waals surface area (Å²) < 4.78 is 0. The van der Waals surface area contributed by atoms with Crippen molar-refractivity contribution in [2.75, 3.05) is 66.0 Å². The van der Waals surface area contributed by atoms with E-state index in [0.717, 1.165) is 6.04 Å². The Hall–Kier alpha value is -0.160. The number of nitrogens with one attached hydrogen (secondary N) is 1. The van der Waals surface area contributed by atoms with Gasteiger partial charge in [-0.2, -0.15) is 0 Å². The fourth-order valence-corrected chi connectivity index (χ4v) is 2.87. The molecule has 2 heterocycles. The average Bonchev–Trinajstić information content (AvgIpc) is 2.39. The van der Waals surface area contributed by atoms with Gasteiger partial charge < -0.3 is 10.2 Å². The van der Waals surface area contributed by atoms with Crippen molar-refractivity contribution in [3.8, 4) is 0 Å². The predicted molar refractivity (Wildman–Crippen MR) is 72.5 cm³/mol. The van der Waals surface area contributed by atoms with Crippen LogP contribution in [0.3, 0.4) is 0 Å². The minimum Gasteiger partial charge on any atom is -0.314 e. The van der Waals surface area contributed by atoms with E-state index in [1.165, 1.54) is 65.3 Å². The SMILES string of the molecule is CCC1CN(CCN2CCNCC2)CCN1C. The fraction of sp³-hybridized carbons (Fsp3) is 1.00. The molecule has 0 aliphatic carbocycles. The minimum absolute atomic E-state index is 0.770. The van der Waals surface area contributed by atoms with Crippen LogP contribution >= 0.6 is 0 Å². The first kappa shape index (κ1) is 13.3. The molecule has 0 aromatic heterocycles.